The van der Waals surface area contributed by atoms with Crippen LogP contribution in [0.5, 0.6) is 0 Å². The Bertz CT molecular complexity index is 540. The molecule has 0 aliphatic carbocycles. The summed E-state index contributed by atoms with van der Waals surface area (Å²) in [5, 5.41) is 12.4. The maximum atomic E-state index is 11.7. The van der Waals surface area contributed by atoms with E-state index in [4.69, 9.17) is 28.5 Å². The van der Waals surface area contributed by atoms with Gasteiger partial charge < -0.3 is 5.32 Å². The zero-order chi connectivity index (χ0) is 13.7. The van der Waals surface area contributed by atoms with Gasteiger partial charge in [0.2, 0.25) is 0 Å². The van der Waals surface area contributed by atoms with Crippen molar-refractivity contribution in [1.29, 1.82) is 5.26 Å². The van der Waals surface area contributed by atoms with E-state index in [1.165, 1.54) is 0 Å². The molecule has 1 rings (SSSR count). The van der Waals surface area contributed by atoms with Gasteiger partial charge in [0.1, 0.15) is 11.6 Å². The van der Waals surface area contributed by atoms with Crippen LogP contribution < -0.4 is 5.32 Å². The Kier molecular flexibility index (Phi) is 5.21. The number of amides is 1. The number of nitrogens with one attached hydrogen (secondary N) is 1. The summed E-state index contributed by atoms with van der Waals surface area (Å²) in [4.78, 5) is 11.7. The molecule has 1 N–H and O–H groups in total. The molecule has 0 aromatic heterocycles. The zero-order valence-electron chi connectivity index (χ0n) is 10.1. The highest BCUT2D eigenvalue weighted by atomic mass is 35.5. The van der Waals surface area contributed by atoms with Gasteiger partial charge in [0.05, 0.1) is 10.0 Å². The topological polar surface area (TPSA) is 52.9 Å². The molecule has 0 spiro atoms. The lowest BCUT2D eigenvalue weighted by Gasteiger charge is -2.06. The number of hydrogen-bond acceptors (Lipinski definition) is 2. The molecule has 0 atom stereocenters. The van der Waals surface area contributed by atoms with E-state index in [2.05, 4.69) is 5.32 Å². The van der Waals surface area contributed by atoms with Crippen LogP contribution in [-0.4, -0.2) is 5.91 Å². The number of hydrogen-bond donors (Lipinski definition) is 1. The van der Waals surface area contributed by atoms with E-state index in [0.29, 0.717) is 22.2 Å². The molecule has 0 radical (unpaired) electrons. The van der Waals surface area contributed by atoms with Crippen molar-refractivity contribution < 1.29 is 4.79 Å². The van der Waals surface area contributed by atoms with E-state index < -0.39 is 0 Å². The van der Waals surface area contributed by atoms with Gasteiger partial charge in [-0.15, -0.1) is 0 Å². The molecular weight excluding hydrogens is 271 g/mol. The van der Waals surface area contributed by atoms with Crippen molar-refractivity contribution in [1.82, 2.24) is 5.32 Å². The van der Waals surface area contributed by atoms with Crippen LogP contribution >= 0.6 is 23.2 Å². The number of nitrogens with zero attached hydrogens (tertiary/aromatic N) is 1. The molecule has 1 aromatic carbocycles. The minimum atomic E-state index is -0.386. The van der Waals surface area contributed by atoms with Gasteiger partial charge in [-0.05, 0) is 31.5 Å². The first-order valence-corrected chi connectivity index (χ1v) is 6.01. The van der Waals surface area contributed by atoms with Crippen LogP contribution in [0.2, 0.25) is 10.0 Å². The minimum Gasteiger partial charge on any atom is -0.347 e. The number of carbonyl (C=O) groups is 1. The summed E-state index contributed by atoms with van der Waals surface area (Å²) in [6.07, 6.45) is 0. The van der Waals surface area contributed by atoms with Crippen LogP contribution in [0.3, 0.4) is 0 Å². The molecule has 18 heavy (non-hydrogen) atoms. The van der Waals surface area contributed by atoms with Crippen LogP contribution in [0.25, 0.3) is 0 Å². The van der Waals surface area contributed by atoms with Crippen molar-refractivity contribution in [2.24, 2.45) is 0 Å². The van der Waals surface area contributed by atoms with E-state index in [9.17, 15) is 4.79 Å². The summed E-state index contributed by atoms with van der Waals surface area (Å²) in [5.41, 5.74) is 1.64. The lowest BCUT2D eigenvalue weighted by Crippen LogP contribution is -2.24. The maximum absolute atomic E-state index is 11.7. The summed E-state index contributed by atoms with van der Waals surface area (Å²) in [6, 6.07) is 6.99. The number of allylic oxidation sites excluding steroid dienone is 1. The molecule has 0 saturated carbocycles. The van der Waals surface area contributed by atoms with Crippen molar-refractivity contribution in [3.05, 3.63) is 45.0 Å². The van der Waals surface area contributed by atoms with Crippen LogP contribution in [-0.2, 0) is 11.3 Å². The Morgan fingerprint density at radius 2 is 2.00 bits per heavy atom. The average Bonchev–Trinajstić information content (AvgIpc) is 2.31. The number of carbonyl (C=O) groups excluding carboxylic acids is 1. The Morgan fingerprint density at radius 1 is 1.33 bits per heavy atom. The predicted molar refractivity (Wildman–Crippen MR) is 72.3 cm³/mol. The van der Waals surface area contributed by atoms with E-state index in [0.717, 1.165) is 5.56 Å². The molecule has 0 fully saturated rings. The number of benzene rings is 1. The molecule has 5 heteroatoms. The Hall–Kier alpha value is -1.50. The summed E-state index contributed by atoms with van der Waals surface area (Å²) in [6.45, 7) is 3.74. The van der Waals surface area contributed by atoms with Crippen LogP contribution in [0.4, 0.5) is 0 Å². The summed E-state index contributed by atoms with van der Waals surface area (Å²) in [7, 11) is 0. The van der Waals surface area contributed by atoms with Gasteiger partial charge in [-0.3, -0.25) is 4.79 Å². The molecule has 0 bridgehead atoms. The Balaban J connectivity index is 2.72. The first kappa shape index (κ1) is 14.6. The highest BCUT2D eigenvalue weighted by Gasteiger charge is 2.10. The Morgan fingerprint density at radius 3 is 2.50 bits per heavy atom. The molecule has 1 amide bonds. The van der Waals surface area contributed by atoms with E-state index in [-0.39, 0.29) is 11.5 Å². The highest BCUT2D eigenvalue weighted by Crippen LogP contribution is 2.22. The molecule has 0 aliphatic rings. The third kappa shape index (κ3) is 3.76. The van der Waals surface area contributed by atoms with Gasteiger partial charge in [-0.25, -0.2) is 0 Å². The molecule has 1 aromatic rings. The van der Waals surface area contributed by atoms with E-state index in [1.807, 2.05) is 6.07 Å². The summed E-state index contributed by atoms with van der Waals surface area (Å²) in [5.74, 6) is -0.386. The summed E-state index contributed by atoms with van der Waals surface area (Å²) >= 11 is 11.7. The van der Waals surface area contributed by atoms with E-state index in [1.54, 1.807) is 32.0 Å². The van der Waals surface area contributed by atoms with Gasteiger partial charge in [-0.2, -0.15) is 5.26 Å². The van der Waals surface area contributed by atoms with Gasteiger partial charge >= 0.3 is 0 Å². The van der Waals surface area contributed by atoms with Crippen LogP contribution in [0, 0.1) is 11.3 Å². The smallest absolute Gasteiger partial charge is 0.262 e. The Labute approximate surface area is 116 Å². The monoisotopic (exact) mass is 282 g/mol. The van der Waals surface area contributed by atoms with Gasteiger partial charge in [0.15, 0.2) is 0 Å². The molecule has 0 aliphatic heterocycles. The first-order valence-electron chi connectivity index (χ1n) is 5.25. The molecule has 0 unspecified atom stereocenters. The molecular formula is C13H12Cl2N2O. The molecule has 3 nitrogen and oxygen atoms in total. The lowest BCUT2D eigenvalue weighted by molar-refractivity contribution is -0.117. The van der Waals surface area contributed by atoms with E-state index >= 15 is 0 Å². The fourth-order valence-electron chi connectivity index (χ4n) is 1.31. The normalized spacial score (nSPS) is 9.50. The lowest BCUT2D eigenvalue weighted by atomic mass is 10.1. The first-order chi connectivity index (χ1) is 8.45. The zero-order valence-corrected chi connectivity index (χ0v) is 11.6. The average molecular weight is 283 g/mol. The second-order valence-electron chi connectivity index (χ2n) is 3.92. The number of halogens is 2. The van der Waals surface area contributed by atoms with Gasteiger partial charge in [-0.1, -0.05) is 34.8 Å². The number of nitriles is 1. The van der Waals surface area contributed by atoms with Crippen molar-refractivity contribution in [2.75, 3.05) is 0 Å². The second-order valence-corrected chi connectivity index (χ2v) is 4.73. The third-order valence-corrected chi connectivity index (χ3v) is 3.01. The van der Waals surface area contributed by atoms with Crippen molar-refractivity contribution in [3.8, 4) is 6.07 Å². The quantitative estimate of drug-likeness (QED) is 0.682. The maximum Gasteiger partial charge on any atom is 0.262 e. The van der Waals surface area contributed by atoms with Gasteiger partial charge in [0.25, 0.3) is 5.91 Å². The number of rotatable bonds is 3. The third-order valence-electron chi connectivity index (χ3n) is 2.28. The predicted octanol–water partition coefficient (Wildman–Crippen LogP) is 3.47. The standard InChI is InChI=1S/C13H12Cl2N2O/c1-8(2)10(6-16)13(18)17-7-9-3-4-11(14)12(15)5-9/h3-5H,7H2,1-2H3,(H,17,18). The van der Waals surface area contributed by atoms with Crippen LogP contribution in [0.15, 0.2) is 29.3 Å². The molecule has 0 saturated heterocycles. The fraction of sp³-hybridized carbons (Fsp3) is 0.231. The highest BCUT2D eigenvalue weighted by molar-refractivity contribution is 6.42. The van der Waals surface area contributed by atoms with Crippen molar-refractivity contribution in [3.63, 3.8) is 0 Å². The van der Waals surface area contributed by atoms with Gasteiger partial charge in [0, 0.05) is 6.54 Å². The van der Waals surface area contributed by atoms with Crippen molar-refractivity contribution in [2.45, 2.75) is 20.4 Å². The SMILES string of the molecule is CC(C)=C(C#N)C(=O)NCc1ccc(Cl)c(Cl)c1. The van der Waals surface area contributed by atoms with Crippen molar-refractivity contribution >= 4 is 29.1 Å². The van der Waals surface area contributed by atoms with Crippen LogP contribution in [0.1, 0.15) is 19.4 Å². The second kappa shape index (κ2) is 6.44. The minimum absolute atomic E-state index is 0.134. The fourth-order valence-corrected chi connectivity index (χ4v) is 1.63. The molecule has 94 valence electrons. The largest absolute Gasteiger partial charge is 0.347 e. The summed E-state index contributed by atoms with van der Waals surface area (Å²) < 4.78 is 0. The molecule has 0 heterocycles.